The number of anilines is 2. The number of methoxy groups -OCH3 is 1. The summed E-state index contributed by atoms with van der Waals surface area (Å²) >= 11 is 0. The molecule has 0 bridgehead atoms. The summed E-state index contributed by atoms with van der Waals surface area (Å²) < 4.78 is 21.5. The third-order valence-electron chi connectivity index (χ3n) is 6.98. The molecule has 0 radical (unpaired) electrons. The molecular formula is C27H30FN7O2. The summed E-state index contributed by atoms with van der Waals surface area (Å²) in [5, 5.41) is 2.70. The number of piperidine rings is 1. The summed E-state index contributed by atoms with van der Waals surface area (Å²) in [5.74, 6) is 0.398. The first-order valence-electron chi connectivity index (χ1n) is 12.1. The van der Waals surface area contributed by atoms with Gasteiger partial charge in [0.2, 0.25) is 5.91 Å². The first kappa shape index (κ1) is 24.5. The second kappa shape index (κ2) is 9.70. The van der Waals surface area contributed by atoms with Crippen molar-refractivity contribution in [2.45, 2.75) is 24.9 Å². The lowest BCUT2D eigenvalue weighted by Crippen LogP contribution is -2.62. The Labute approximate surface area is 214 Å². The van der Waals surface area contributed by atoms with Crippen LogP contribution in [0.3, 0.4) is 0 Å². The number of imidazole rings is 1. The predicted molar refractivity (Wildman–Crippen MR) is 142 cm³/mol. The van der Waals surface area contributed by atoms with E-state index in [1.54, 1.807) is 32.7 Å². The number of aromatic nitrogens is 3. The number of fused-ring (bicyclic) bond motifs is 1. The lowest BCUT2D eigenvalue weighted by atomic mass is 9.88. The second-order valence-electron chi connectivity index (χ2n) is 9.40. The molecule has 10 heteroatoms. The molecular weight excluding hydrogens is 473 g/mol. The number of nitrogens with one attached hydrogen (secondary N) is 1. The van der Waals surface area contributed by atoms with Crippen LogP contribution in [-0.2, 0) is 11.3 Å². The molecule has 1 fully saturated rings. The van der Waals surface area contributed by atoms with E-state index >= 15 is 0 Å². The van der Waals surface area contributed by atoms with Crippen molar-refractivity contribution in [2.75, 3.05) is 37.9 Å². The highest BCUT2D eigenvalue weighted by Crippen LogP contribution is 2.34. The van der Waals surface area contributed by atoms with Gasteiger partial charge < -0.3 is 31.0 Å². The number of ether oxygens (including phenoxy) is 1. The van der Waals surface area contributed by atoms with Crippen molar-refractivity contribution in [3.05, 3.63) is 66.4 Å². The quantitative estimate of drug-likeness (QED) is 0.370. The topological polar surface area (TPSA) is 124 Å². The van der Waals surface area contributed by atoms with Gasteiger partial charge in [-0.15, -0.1) is 0 Å². The molecule has 1 aliphatic heterocycles. The smallest absolute Gasteiger partial charge is 0.241 e. The van der Waals surface area contributed by atoms with E-state index in [9.17, 15) is 9.18 Å². The fourth-order valence-corrected chi connectivity index (χ4v) is 5.12. The van der Waals surface area contributed by atoms with Crippen molar-refractivity contribution in [2.24, 2.45) is 5.73 Å². The molecule has 3 heterocycles. The number of nitrogens with two attached hydrogens (primary N) is 2. The molecule has 0 spiro atoms. The number of amides is 1. The number of likely N-dealkylation sites (N-methyl/N-ethyl adjacent to an activating group) is 1. The number of pyridine rings is 1. The maximum absolute atomic E-state index is 14.0. The van der Waals surface area contributed by atoms with Crippen LogP contribution < -0.4 is 26.4 Å². The van der Waals surface area contributed by atoms with Crippen LogP contribution in [0, 0.1) is 5.82 Å². The number of rotatable bonds is 6. The highest BCUT2D eigenvalue weighted by molar-refractivity contribution is 5.90. The summed E-state index contributed by atoms with van der Waals surface area (Å²) in [5.41, 5.74) is 16.5. The number of nitrogen functional groups attached to an aromatic ring is 1. The molecule has 1 aliphatic rings. The van der Waals surface area contributed by atoms with E-state index < -0.39 is 5.54 Å². The Balaban J connectivity index is 1.61. The molecule has 0 aliphatic carbocycles. The van der Waals surface area contributed by atoms with Crippen molar-refractivity contribution in [1.29, 1.82) is 0 Å². The SMILES string of the molecule is CNC(=O)C1(N)CCCN(c2ccc(-c3cccc(F)c3)cc2Cn2cnc3c(N)ncc(OC)c32)C1. The van der Waals surface area contributed by atoms with Gasteiger partial charge in [-0.25, -0.2) is 14.4 Å². The van der Waals surface area contributed by atoms with E-state index in [-0.39, 0.29) is 11.7 Å². The molecule has 2 aromatic carbocycles. The van der Waals surface area contributed by atoms with Gasteiger partial charge in [0.15, 0.2) is 11.6 Å². The molecule has 4 aromatic rings. The molecule has 9 nitrogen and oxygen atoms in total. The maximum Gasteiger partial charge on any atom is 0.241 e. The summed E-state index contributed by atoms with van der Waals surface area (Å²) in [7, 11) is 3.18. The van der Waals surface area contributed by atoms with Crippen molar-refractivity contribution in [1.82, 2.24) is 19.9 Å². The fraction of sp³-hybridized carbons (Fsp3) is 0.296. The van der Waals surface area contributed by atoms with Gasteiger partial charge in [0, 0.05) is 25.8 Å². The highest BCUT2D eigenvalue weighted by Gasteiger charge is 2.38. The highest BCUT2D eigenvalue weighted by atomic mass is 19.1. The standard InChI is InChI=1S/C27H30FN7O2/c1-31-26(36)27(30)9-4-10-34(15-27)21-8-7-18(17-5-3-6-20(28)12-17)11-19(21)14-35-16-33-23-24(35)22(37-2)13-32-25(23)29/h3,5-8,11-13,16H,4,9-10,14-15,30H2,1-2H3,(H2,29,32)(H,31,36). The van der Waals surface area contributed by atoms with E-state index in [1.807, 2.05) is 28.8 Å². The molecule has 5 N–H and O–H groups in total. The summed E-state index contributed by atoms with van der Waals surface area (Å²) in [6.45, 7) is 1.57. The molecule has 2 aromatic heterocycles. The van der Waals surface area contributed by atoms with Crippen LogP contribution in [0.1, 0.15) is 18.4 Å². The zero-order valence-electron chi connectivity index (χ0n) is 20.9. The summed E-state index contributed by atoms with van der Waals surface area (Å²) in [6, 6.07) is 12.5. The Morgan fingerprint density at radius 2 is 2.03 bits per heavy atom. The van der Waals surface area contributed by atoms with Gasteiger partial charge in [-0.3, -0.25) is 4.79 Å². The normalized spacial score (nSPS) is 17.7. The third kappa shape index (κ3) is 4.55. The third-order valence-corrected chi connectivity index (χ3v) is 6.98. The summed E-state index contributed by atoms with van der Waals surface area (Å²) in [4.78, 5) is 23.4. The van der Waals surface area contributed by atoms with Crippen LogP contribution in [0.2, 0.25) is 0 Å². The van der Waals surface area contributed by atoms with Crippen molar-refractivity contribution >= 4 is 28.4 Å². The summed E-state index contributed by atoms with van der Waals surface area (Å²) in [6.07, 6.45) is 4.67. The second-order valence-corrected chi connectivity index (χ2v) is 9.40. The van der Waals surface area contributed by atoms with Gasteiger partial charge in [0.1, 0.15) is 22.4 Å². The number of halogens is 1. The first-order chi connectivity index (χ1) is 17.8. The van der Waals surface area contributed by atoms with Gasteiger partial charge in [0.25, 0.3) is 0 Å². The largest absolute Gasteiger partial charge is 0.493 e. The number of hydrogen-bond donors (Lipinski definition) is 3. The molecule has 192 valence electrons. The van der Waals surface area contributed by atoms with Crippen LogP contribution in [0.5, 0.6) is 5.75 Å². The van der Waals surface area contributed by atoms with Gasteiger partial charge in [-0.1, -0.05) is 18.2 Å². The minimum atomic E-state index is -0.990. The zero-order valence-corrected chi connectivity index (χ0v) is 20.9. The van der Waals surface area contributed by atoms with Gasteiger partial charge in [-0.2, -0.15) is 0 Å². The van der Waals surface area contributed by atoms with Gasteiger partial charge in [0.05, 0.1) is 26.2 Å². The minimum Gasteiger partial charge on any atom is -0.493 e. The number of carbonyl (C=O) groups is 1. The lowest BCUT2D eigenvalue weighted by Gasteiger charge is -2.40. The molecule has 1 amide bonds. The Morgan fingerprint density at radius 3 is 2.78 bits per heavy atom. The average molecular weight is 504 g/mol. The number of carbonyl (C=O) groups excluding carboxylic acids is 1. The Hall–Kier alpha value is -4.18. The molecule has 5 rings (SSSR count). The van der Waals surface area contributed by atoms with E-state index in [4.69, 9.17) is 16.2 Å². The Bertz CT molecular complexity index is 1470. The number of nitrogens with zero attached hydrogens (tertiary/aromatic N) is 4. The van der Waals surface area contributed by atoms with E-state index in [1.165, 1.54) is 12.1 Å². The molecule has 1 saturated heterocycles. The van der Waals surface area contributed by atoms with Crippen LogP contribution >= 0.6 is 0 Å². The molecule has 37 heavy (non-hydrogen) atoms. The zero-order chi connectivity index (χ0) is 26.2. The fourth-order valence-electron chi connectivity index (χ4n) is 5.12. The van der Waals surface area contributed by atoms with Crippen LogP contribution in [-0.4, -0.2) is 53.2 Å². The Kier molecular flexibility index (Phi) is 6.43. The van der Waals surface area contributed by atoms with Crippen molar-refractivity contribution in [3.63, 3.8) is 0 Å². The lowest BCUT2D eigenvalue weighted by molar-refractivity contribution is -0.126. The van der Waals surface area contributed by atoms with Crippen LogP contribution in [0.25, 0.3) is 22.2 Å². The van der Waals surface area contributed by atoms with Crippen LogP contribution in [0.4, 0.5) is 15.9 Å². The van der Waals surface area contributed by atoms with E-state index in [2.05, 4.69) is 20.2 Å². The monoisotopic (exact) mass is 503 g/mol. The Morgan fingerprint density at radius 1 is 1.22 bits per heavy atom. The van der Waals surface area contributed by atoms with Crippen molar-refractivity contribution in [3.8, 4) is 16.9 Å². The van der Waals surface area contributed by atoms with E-state index in [0.717, 1.165) is 40.9 Å². The minimum absolute atomic E-state index is 0.177. The van der Waals surface area contributed by atoms with Crippen LogP contribution in [0.15, 0.2) is 55.0 Å². The number of benzene rings is 2. The maximum atomic E-state index is 14.0. The first-order valence-corrected chi connectivity index (χ1v) is 12.1. The van der Waals surface area contributed by atoms with Gasteiger partial charge in [-0.05, 0) is 53.8 Å². The van der Waals surface area contributed by atoms with Crippen molar-refractivity contribution < 1.29 is 13.9 Å². The predicted octanol–water partition coefficient (Wildman–Crippen LogP) is 2.92. The molecule has 1 unspecified atom stereocenters. The number of hydrogen-bond acceptors (Lipinski definition) is 7. The average Bonchev–Trinajstić information content (AvgIpc) is 3.33. The molecule has 0 saturated carbocycles. The molecule has 1 atom stereocenters. The van der Waals surface area contributed by atoms with Gasteiger partial charge >= 0.3 is 0 Å². The van der Waals surface area contributed by atoms with E-state index in [0.29, 0.717) is 36.6 Å².